The smallest absolute Gasteiger partial charge is 0.266 e. The summed E-state index contributed by atoms with van der Waals surface area (Å²) in [7, 11) is 0. The van der Waals surface area contributed by atoms with Crippen LogP contribution in [0.25, 0.3) is 0 Å². The molecule has 5 heteroatoms. The first-order valence-electron chi connectivity index (χ1n) is 7.61. The maximum absolute atomic E-state index is 12.3. The minimum Gasteiger partial charge on any atom is -0.266 e. The zero-order valence-corrected chi connectivity index (χ0v) is 14.1. The molecule has 3 rings (SSSR count). The zero-order valence-electron chi connectivity index (χ0n) is 13.3. The van der Waals surface area contributed by atoms with Crippen molar-refractivity contribution < 1.29 is 4.79 Å². The second-order valence-electron chi connectivity index (χ2n) is 5.29. The molecule has 1 amide bonds. The lowest BCUT2D eigenvalue weighted by Crippen LogP contribution is -2.17. The van der Waals surface area contributed by atoms with E-state index in [-0.39, 0.29) is 5.91 Å². The fraction of sp³-hybridized carbons (Fsp3) is 0.105. The molecule has 4 nitrogen and oxygen atoms in total. The molecular weight excluding hydrogens is 318 g/mol. The average molecular weight is 335 g/mol. The Labute approximate surface area is 144 Å². The first-order chi connectivity index (χ1) is 11.7. The Hall–Kier alpha value is -2.79. The molecule has 1 aromatic heterocycles. The maximum atomic E-state index is 12.3. The molecule has 0 aliphatic carbocycles. The van der Waals surface area contributed by atoms with Crippen molar-refractivity contribution in [3.8, 4) is 0 Å². The molecule has 1 heterocycles. The van der Waals surface area contributed by atoms with Gasteiger partial charge in [-0.2, -0.15) is 5.10 Å². The van der Waals surface area contributed by atoms with Crippen LogP contribution in [-0.4, -0.2) is 17.1 Å². The Morgan fingerprint density at radius 1 is 1.12 bits per heavy atom. The van der Waals surface area contributed by atoms with E-state index in [1.54, 1.807) is 6.21 Å². The number of benzene rings is 2. The fourth-order valence-electron chi connectivity index (χ4n) is 2.26. The van der Waals surface area contributed by atoms with Gasteiger partial charge in [-0.3, -0.25) is 4.79 Å². The number of rotatable bonds is 5. The molecule has 0 radical (unpaired) electrons. The predicted octanol–water partition coefficient (Wildman–Crippen LogP) is 3.81. The van der Waals surface area contributed by atoms with Crippen LogP contribution in [0, 0.1) is 6.92 Å². The van der Waals surface area contributed by atoms with Gasteiger partial charge in [-0.25, -0.2) is 10.4 Å². The van der Waals surface area contributed by atoms with Crippen molar-refractivity contribution in [2.45, 2.75) is 13.3 Å². The van der Waals surface area contributed by atoms with Gasteiger partial charge in [0.2, 0.25) is 0 Å². The molecule has 0 aliphatic rings. The Morgan fingerprint density at radius 2 is 1.79 bits per heavy atom. The summed E-state index contributed by atoms with van der Waals surface area (Å²) in [5.41, 5.74) is 5.42. The second-order valence-corrected chi connectivity index (χ2v) is 6.38. The highest BCUT2D eigenvalue weighted by molar-refractivity contribution is 7.13. The molecule has 0 unspecified atom stereocenters. The molecule has 1 N–H and O–H groups in total. The fourth-order valence-corrected chi connectivity index (χ4v) is 3.25. The number of nitrogens with one attached hydrogen (secondary N) is 1. The van der Waals surface area contributed by atoms with E-state index < -0.39 is 0 Å². The average Bonchev–Trinajstić information content (AvgIpc) is 2.97. The summed E-state index contributed by atoms with van der Waals surface area (Å²) in [6, 6.07) is 19.7. The topological polar surface area (TPSA) is 54.4 Å². The third-order valence-corrected chi connectivity index (χ3v) is 4.58. The first kappa shape index (κ1) is 16.1. The minimum absolute atomic E-state index is 0.225. The van der Waals surface area contributed by atoms with Gasteiger partial charge in [0, 0.05) is 6.42 Å². The standard InChI is InChI=1S/C19H17N3OS/c1-14-18(19(23)22-20-13-16-10-6-3-7-11-16)24-17(21-14)12-15-8-4-2-5-9-15/h2-11,13H,12H2,1H3,(H,22,23)/b20-13+. The lowest BCUT2D eigenvalue weighted by molar-refractivity contribution is 0.0958. The van der Waals surface area contributed by atoms with Gasteiger partial charge < -0.3 is 0 Å². The molecule has 0 fully saturated rings. The highest BCUT2D eigenvalue weighted by Crippen LogP contribution is 2.20. The van der Waals surface area contributed by atoms with Gasteiger partial charge in [0.25, 0.3) is 5.91 Å². The third-order valence-electron chi connectivity index (χ3n) is 3.42. The lowest BCUT2D eigenvalue weighted by Gasteiger charge is -1.97. The Kier molecular flexibility index (Phi) is 5.13. The van der Waals surface area contributed by atoms with Crippen LogP contribution in [0.15, 0.2) is 65.8 Å². The van der Waals surface area contributed by atoms with Gasteiger partial charge >= 0.3 is 0 Å². The van der Waals surface area contributed by atoms with Crippen molar-refractivity contribution in [3.05, 3.63) is 87.4 Å². The Bertz CT molecular complexity index is 842. The second kappa shape index (κ2) is 7.66. The van der Waals surface area contributed by atoms with E-state index in [1.165, 1.54) is 16.9 Å². The summed E-state index contributed by atoms with van der Waals surface area (Å²) in [5, 5.41) is 4.93. The van der Waals surface area contributed by atoms with E-state index >= 15 is 0 Å². The molecule has 120 valence electrons. The highest BCUT2D eigenvalue weighted by Gasteiger charge is 2.14. The lowest BCUT2D eigenvalue weighted by atomic mass is 10.2. The molecule has 0 saturated carbocycles. The molecule has 0 saturated heterocycles. The summed E-state index contributed by atoms with van der Waals surface area (Å²) in [6.45, 7) is 1.85. The number of hydrogen-bond acceptors (Lipinski definition) is 4. The van der Waals surface area contributed by atoms with Crippen LogP contribution in [-0.2, 0) is 6.42 Å². The van der Waals surface area contributed by atoms with Crippen molar-refractivity contribution in [1.82, 2.24) is 10.4 Å². The van der Waals surface area contributed by atoms with Gasteiger partial charge in [0.05, 0.1) is 16.9 Å². The zero-order chi connectivity index (χ0) is 16.8. The van der Waals surface area contributed by atoms with Crippen LogP contribution in [0.4, 0.5) is 0 Å². The number of nitrogens with zero attached hydrogens (tertiary/aromatic N) is 2. The predicted molar refractivity (Wildman–Crippen MR) is 97.6 cm³/mol. The van der Waals surface area contributed by atoms with Crippen molar-refractivity contribution in [2.24, 2.45) is 5.10 Å². The number of hydrogen-bond donors (Lipinski definition) is 1. The molecule has 0 aliphatic heterocycles. The van der Waals surface area contributed by atoms with E-state index in [0.717, 1.165) is 22.7 Å². The van der Waals surface area contributed by atoms with Crippen LogP contribution in [0.1, 0.15) is 31.5 Å². The summed E-state index contributed by atoms with van der Waals surface area (Å²) >= 11 is 1.41. The number of carbonyl (C=O) groups excluding carboxylic acids is 1. The van der Waals surface area contributed by atoms with Crippen LogP contribution in [0.2, 0.25) is 0 Å². The summed E-state index contributed by atoms with van der Waals surface area (Å²) in [5.74, 6) is -0.225. The van der Waals surface area contributed by atoms with Crippen molar-refractivity contribution in [1.29, 1.82) is 0 Å². The van der Waals surface area contributed by atoms with E-state index in [4.69, 9.17) is 0 Å². The number of carbonyl (C=O) groups is 1. The van der Waals surface area contributed by atoms with Crippen LogP contribution in [0.3, 0.4) is 0 Å². The summed E-state index contributed by atoms with van der Waals surface area (Å²) < 4.78 is 0. The largest absolute Gasteiger partial charge is 0.283 e. The van der Waals surface area contributed by atoms with E-state index in [0.29, 0.717) is 4.88 Å². The van der Waals surface area contributed by atoms with E-state index in [9.17, 15) is 4.79 Å². The van der Waals surface area contributed by atoms with Gasteiger partial charge in [0.1, 0.15) is 4.88 Å². The molecule has 24 heavy (non-hydrogen) atoms. The molecular formula is C19H17N3OS. The van der Waals surface area contributed by atoms with Gasteiger partial charge in [0.15, 0.2) is 0 Å². The van der Waals surface area contributed by atoms with E-state index in [2.05, 4.69) is 27.6 Å². The molecule has 0 bridgehead atoms. The van der Waals surface area contributed by atoms with Gasteiger partial charge in [-0.05, 0) is 18.1 Å². The maximum Gasteiger partial charge on any atom is 0.283 e. The van der Waals surface area contributed by atoms with Crippen molar-refractivity contribution in [3.63, 3.8) is 0 Å². The first-order valence-corrected chi connectivity index (χ1v) is 8.43. The molecule has 0 atom stereocenters. The molecule has 2 aromatic carbocycles. The van der Waals surface area contributed by atoms with Crippen molar-refractivity contribution in [2.75, 3.05) is 0 Å². The highest BCUT2D eigenvalue weighted by atomic mass is 32.1. The minimum atomic E-state index is -0.225. The quantitative estimate of drug-likeness (QED) is 0.569. The molecule has 3 aromatic rings. The molecule has 0 spiro atoms. The van der Waals surface area contributed by atoms with Crippen LogP contribution in [0.5, 0.6) is 0 Å². The van der Waals surface area contributed by atoms with Gasteiger partial charge in [-0.15, -0.1) is 11.3 Å². The third kappa shape index (κ3) is 4.14. The number of aromatic nitrogens is 1. The summed E-state index contributed by atoms with van der Waals surface area (Å²) in [4.78, 5) is 17.4. The Morgan fingerprint density at radius 3 is 2.50 bits per heavy atom. The van der Waals surface area contributed by atoms with Crippen LogP contribution >= 0.6 is 11.3 Å². The monoisotopic (exact) mass is 335 g/mol. The number of aryl methyl sites for hydroxylation is 1. The SMILES string of the molecule is Cc1nc(Cc2ccccc2)sc1C(=O)N/N=C/c1ccccc1. The number of thiazole rings is 1. The number of amides is 1. The van der Waals surface area contributed by atoms with E-state index in [1.807, 2.05) is 55.5 Å². The van der Waals surface area contributed by atoms with Crippen LogP contribution < -0.4 is 5.43 Å². The van der Waals surface area contributed by atoms with Crippen molar-refractivity contribution >= 4 is 23.5 Å². The van der Waals surface area contributed by atoms with Gasteiger partial charge in [-0.1, -0.05) is 60.7 Å². The normalized spacial score (nSPS) is 10.9. The summed E-state index contributed by atoms with van der Waals surface area (Å²) in [6.07, 6.45) is 2.35. The Balaban J connectivity index is 1.66. The number of hydrazone groups is 1.